The van der Waals surface area contributed by atoms with Crippen LogP contribution in [0.25, 0.3) is 0 Å². The molecule has 0 amide bonds. The van der Waals surface area contributed by atoms with E-state index in [-0.39, 0.29) is 17.3 Å². The molecular formula is C13H20FN. The van der Waals surface area contributed by atoms with Gasteiger partial charge in [-0.2, -0.15) is 0 Å². The van der Waals surface area contributed by atoms with Crippen LogP contribution in [0, 0.1) is 5.82 Å². The first-order valence-corrected chi connectivity index (χ1v) is 5.34. The van der Waals surface area contributed by atoms with Crippen molar-refractivity contribution in [3.8, 4) is 0 Å². The summed E-state index contributed by atoms with van der Waals surface area (Å²) in [4.78, 5) is 0. The summed E-state index contributed by atoms with van der Waals surface area (Å²) in [6, 6.07) is 5.47. The van der Waals surface area contributed by atoms with Crippen molar-refractivity contribution in [3.63, 3.8) is 0 Å². The molecule has 15 heavy (non-hydrogen) atoms. The summed E-state index contributed by atoms with van der Waals surface area (Å²) in [5, 5.41) is 3.15. The number of rotatable bonds is 2. The lowest BCUT2D eigenvalue weighted by molar-refractivity contribution is 0.503. The smallest absolute Gasteiger partial charge is 0.127 e. The predicted octanol–water partition coefficient (Wildman–Crippen LogP) is 3.40. The number of benzene rings is 1. The van der Waals surface area contributed by atoms with Gasteiger partial charge in [-0.25, -0.2) is 4.39 Å². The molecule has 2 heteroatoms. The molecule has 1 N–H and O–H groups in total. The third kappa shape index (κ3) is 2.57. The second-order valence-electron chi connectivity index (χ2n) is 4.96. The van der Waals surface area contributed by atoms with Crippen LogP contribution in [0.5, 0.6) is 0 Å². The lowest BCUT2D eigenvalue weighted by Crippen LogP contribution is -2.22. The fraction of sp³-hybridized carbons (Fsp3) is 0.538. The number of halogens is 1. The minimum atomic E-state index is -0.161. The summed E-state index contributed by atoms with van der Waals surface area (Å²) in [5.74, 6) is -0.109. The lowest BCUT2D eigenvalue weighted by atomic mass is 9.81. The van der Waals surface area contributed by atoms with E-state index in [4.69, 9.17) is 0 Å². The molecule has 0 saturated carbocycles. The molecule has 0 radical (unpaired) electrons. The molecule has 0 aromatic heterocycles. The number of hydrogen-bond donors (Lipinski definition) is 1. The van der Waals surface area contributed by atoms with Crippen molar-refractivity contribution in [1.29, 1.82) is 0 Å². The minimum Gasteiger partial charge on any atom is -0.313 e. The Kier molecular flexibility index (Phi) is 3.50. The van der Waals surface area contributed by atoms with E-state index in [9.17, 15) is 4.39 Å². The molecule has 0 saturated heterocycles. The van der Waals surface area contributed by atoms with Gasteiger partial charge in [-0.3, -0.25) is 0 Å². The van der Waals surface area contributed by atoms with E-state index >= 15 is 0 Å². The zero-order valence-corrected chi connectivity index (χ0v) is 10.2. The van der Waals surface area contributed by atoms with Gasteiger partial charge in [0.05, 0.1) is 0 Å². The lowest BCUT2D eigenvalue weighted by Gasteiger charge is -2.26. The van der Waals surface area contributed by atoms with Gasteiger partial charge in [-0.15, -0.1) is 0 Å². The van der Waals surface area contributed by atoms with Gasteiger partial charge in [0.1, 0.15) is 5.82 Å². The summed E-state index contributed by atoms with van der Waals surface area (Å²) in [5.41, 5.74) is 1.70. The molecule has 0 bridgehead atoms. The second-order valence-corrected chi connectivity index (χ2v) is 4.96. The van der Waals surface area contributed by atoms with Crippen LogP contribution in [0.15, 0.2) is 18.2 Å². The van der Waals surface area contributed by atoms with Crippen molar-refractivity contribution in [2.45, 2.75) is 39.2 Å². The van der Waals surface area contributed by atoms with Crippen molar-refractivity contribution < 1.29 is 4.39 Å². The van der Waals surface area contributed by atoms with Crippen LogP contribution in [0.3, 0.4) is 0 Å². The van der Waals surface area contributed by atoms with E-state index in [0.29, 0.717) is 0 Å². The summed E-state index contributed by atoms with van der Waals surface area (Å²) in [6.45, 7) is 8.16. The second kappa shape index (κ2) is 4.31. The Morgan fingerprint density at radius 2 is 1.87 bits per heavy atom. The quantitative estimate of drug-likeness (QED) is 0.787. The Morgan fingerprint density at radius 3 is 2.33 bits per heavy atom. The molecule has 84 valence electrons. The highest BCUT2D eigenvalue weighted by molar-refractivity contribution is 5.36. The maximum atomic E-state index is 13.8. The summed E-state index contributed by atoms with van der Waals surface area (Å²) < 4.78 is 13.8. The van der Waals surface area contributed by atoms with Gasteiger partial charge in [-0.05, 0) is 36.6 Å². The van der Waals surface area contributed by atoms with Gasteiger partial charge in [0, 0.05) is 6.04 Å². The van der Waals surface area contributed by atoms with Gasteiger partial charge in [0.2, 0.25) is 0 Å². The molecule has 0 heterocycles. The zero-order valence-electron chi connectivity index (χ0n) is 10.2. The number of hydrogen-bond acceptors (Lipinski definition) is 1. The van der Waals surface area contributed by atoms with Crippen LogP contribution in [0.4, 0.5) is 4.39 Å². The average molecular weight is 209 g/mol. The fourth-order valence-corrected chi connectivity index (χ4v) is 1.85. The van der Waals surface area contributed by atoms with E-state index in [1.807, 2.05) is 40.8 Å². The van der Waals surface area contributed by atoms with Crippen molar-refractivity contribution in [1.82, 2.24) is 5.32 Å². The highest BCUT2D eigenvalue weighted by atomic mass is 19.1. The number of nitrogens with one attached hydrogen (secondary N) is 1. The Balaban J connectivity index is 3.33. The third-order valence-electron chi connectivity index (χ3n) is 2.70. The molecule has 0 aliphatic rings. The zero-order chi connectivity index (χ0) is 11.6. The van der Waals surface area contributed by atoms with Gasteiger partial charge in [0.25, 0.3) is 0 Å². The van der Waals surface area contributed by atoms with Crippen molar-refractivity contribution >= 4 is 0 Å². The van der Waals surface area contributed by atoms with Crippen LogP contribution >= 0.6 is 0 Å². The Labute approximate surface area is 91.7 Å². The highest BCUT2D eigenvalue weighted by Crippen LogP contribution is 2.31. The first-order valence-electron chi connectivity index (χ1n) is 5.34. The first kappa shape index (κ1) is 12.2. The van der Waals surface area contributed by atoms with E-state index in [0.717, 1.165) is 11.1 Å². The van der Waals surface area contributed by atoms with Gasteiger partial charge in [-0.1, -0.05) is 32.9 Å². The Morgan fingerprint density at radius 1 is 1.27 bits per heavy atom. The van der Waals surface area contributed by atoms with Crippen molar-refractivity contribution in [3.05, 3.63) is 35.1 Å². The monoisotopic (exact) mass is 209 g/mol. The predicted molar refractivity (Wildman–Crippen MR) is 62.6 cm³/mol. The summed E-state index contributed by atoms with van der Waals surface area (Å²) in [6.07, 6.45) is 0. The van der Waals surface area contributed by atoms with Crippen LogP contribution in [0.1, 0.15) is 44.9 Å². The average Bonchev–Trinajstić information content (AvgIpc) is 2.14. The maximum absolute atomic E-state index is 13.8. The van der Waals surface area contributed by atoms with Gasteiger partial charge in [0.15, 0.2) is 0 Å². The highest BCUT2D eigenvalue weighted by Gasteiger charge is 2.23. The molecule has 0 aliphatic heterocycles. The van der Waals surface area contributed by atoms with Gasteiger partial charge < -0.3 is 5.32 Å². The minimum absolute atomic E-state index is 0.109. The molecule has 1 aromatic carbocycles. The van der Waals surface area contributed by atoms with Crippen LogP contribution < -0.4 is 5.32 Å². The molecule has 1 atom stereocenters. The normalized spacial score (nSPS) is 14.0. The fourth-order valence-electron chi connectivity index (χ4n) is 1.85. The van der Waals surface area contributed by atoms with E-state index in [2.05, 4.69) is 5.32 Å². The topological polar surface area (TPSA) is 12.0 Å². The van der Waals surface area contributed by atoms with E-state index < -0.39 is 0 Å². The van der Waals surface area contributed by atoms with E-state index in [1.165, 1.54) is 6.07 Å². The van der Waals surface area contributed by atoms with Crippen LogP contribution in [-0.2, 0) is 5.41 Å². The molecular weight excluding hydrogens is 189 g/mol. The third-order valence-corrected chi connectivity index (χ3v) is 2.70. The molecule has 0 aliphatic carbocycles. The molecule has 0 fully saturated rings. The Hall–Kier alpha value is -0.890. The molecule has 1 unspecified atom stereocenters. The standard InChI is InChI=1S/C13H20FN/c1-9(15-5)10-7-6-8-11(14)12(10)13(2,3)4/h6-9,15H,1-5H3. The largest absolute Gasteiger partial charge is 0.313 e. The maximum Gasteiger partial charge on any atom is 0.127 e. The molecule has 1 aromatic rings. The van der Waals surface area contributed by atoms with Crippen LogP contribution in [-0.4, -0.2) is 7.05 Å². The van der Waals surface area contributed by atoms with Crippen molar-refractivity contribution in [2.24, 2.45) is 0 Å². The molecule has 0 spiro atoms. The summed E-state index contributed by atoms with van der Waals surface area (Å²) in [7, 11) is 1.89. The van der Waals surface area contributed by atoms with Crippen LogP contribution in [0.2, 0.25) is 0 Å². The molecule has 1 rings (SSSR count). The first-order chi connectivity index (χ1) is 6.88. The van der Waals surface area contributed by atoms with E-state index in [1.54, 1.807) is 6.07 Å². The SMILES string of the molecule is CNC(C)c1cccc(F)c1C(C)(C)C. The molecule has 1 nitrogen and oxygen atoms in total. The van der Waals surface area contributed by atoms with Gasteiger partial charge >= 0.3 is 0 Å². The summed E-state index contributed by atoms with van der Waals surface area (Å²) >= 11 is 0. The van der Waals surface area contributed by atoms with Crippen molar-refractivity contribution in [2.75, 3.05) is 7.05 Å². The Bertz CT molecular complexity index is 339.